The first-order chi connectivity index (χ1) is 11.5. The molecule has 1 saturated carbocycles. The number of rotatable bonds is 5. The van der Waals surface area contributed by atoms with Crippen molar-refractivity contribution in [3.05, 3.63) is 75.8 Å². The molecule has 6 nitrogen and oxygen atoms in total. The van der Waals surface area contributed by atoms with Crippen LogP contribution in [0.15, 0.2) is 65.1 Å². The van der Waals surface area contributed by atoms with Crippen LogP contribution in [0.1, 0.15) is 18.4 Å². The van der Waals surface area contributed by atoms with Gasteiger partial charge in [0.15, 0.2) is 4.90 Å². The lowest BCUT2D eigenvalue weighted by molar-refractivity contribution is -0.387. The lowest BCUT2D eigenvalue weighted by Crippen LogP contribution is -2.41. The molecule has 0 amide bonds. The maximum atomic E-state index is 12.5. The highest BCUT2D eigenvalue weighted by atomic mass is 32.2. The molecule has 24 heavy (non-hydrogen) atoms. The molecule has 0 aliphatic heterocycles. The molecule has 1 N–H and O–H groups in total. The first kappa shape index (κ1) is 16.4. The topological polar surface area (TPSA) is 89.3 Å². The molecule has 2 aromatic carbocycles. The Kier molecular flexibility index (Phi) is 4.46. The molecule has 7 heteroatoms. The summed E-state index contributed by atoms with van der Waals surface area (Å²) >= 11 is 0. The second kappa shape index (κ2) is 6.54. The summed E-state index contributed by atoms with van der Waals surface area (Å²) in [6.07, 6.45) is 3.44. The second-order valence-electron chi connectivity index (χ2n) is 5.57. The minimum Gasteiger partial charge on any atom is -0.258 e. The molecule has 0 saturated heterocycles. The van der Waals surface area contributed by atoms with Gasteiger partial charge in [0.2, 0.25) is 10.0 Å². The zero-order valence-electron chi connectivity index (χ0n) is 12.8. The Morgan fingerprint density at radius 3 is 2.38 bits per heavy atom. The van der Waals surface area contributed by atoms with Gasteiger partial charge in [0.25, 0.3) is 5.69 Å². The molecule has 3 rings (SSSR count). The van der Waals surface area contributed by atoms with Crippen molar-refractivity contribution in [1.82, 2.24) is 4.72 Å². The fourth-order valence-corrected chi connectivity index (χ4v) is 4.06. The third-order valence-electron chi connectivity index (χ3n) is 3.97. The van der Waals surface area contributed by atoms with Gasteiger partial charge < -0.3 is 0 Å². The van der Waals surface area contributed by atoms with Crippen molar-refractivity contribution in [1.29, 1.82) is 0 Å². The largest absolute Gasteiger partial charge is 0.289 e. The highest BCUT2D eigenvalue weighted by molar-refractivity contribution is 7.89. The number of para-hydroxylation sites is 1. The Morgan fingerprint density at radius 1 is 1.08 bits per heavy atom. The quantitative estimate of drug-likeness (QED) is 0.666. The van der Waals surface area contributed by atoms with Crippen molar-refractivity contribution >= 4 is 21.8 Å². The van der Waals surface area contributed by atoms with Gasteiger partial charge in [-0.1, -0.05) is 54.1 Å². The molecule has 1 aliphatic rings. The molecule has 0 radical (unpaired) electrons. The van der Waals surface area contributed by atoms with Gasteiger partial charge in [0, 0.05) is 12.1 Å². The van der Waals surface area contributed by atoms with E-state index in [1.165, 1.54) is 24.3 Å². The molecule has 124 valence electrons. The van der Waals surface area contributed by atoms with Gasteiger partial charge in [0.1, 0.15) is 0 Å². The van der Waals surface area contributed by atoms with Crippen molar-refractivity contribution in [2.24, 2.45) is 0 Å². The van der Waals surface area contributed by atoms with Gasteiger partial charge in [-0.2, -0.15) is 0 Å². The number of hydrogen-bond acceptors (Lipinski definition) is 4. The monoisotopic (exact) mass is 344 g/mol. The van der Waals surface area contributed by atoms with E-state index >= 15 is 0 Å². The van der Waals surface area contributed by atoms with E-state index in [0.717, 1.165) is 17.6 Å². The van der Waals surface area contributed by atoms with Crippen LogP contribution in [0.2, 0.25) is 0 Å². The second-order valence-corrected chi connectivity index (χ2v) is 7.25. The van der Waals surface area contributed by atoms with Crippen LogP contribution >= 0.6 is 0 Å². The third-order valence-corrected chi connectivity index (χ3v) is 5.49. The summed E-state index contributed by atoms with van der Waals surface area (Å²) in [4.78, 5) is 10.1. The third kappa shape index (κ3) is 3.37. The fraction of sp³-hybridized carbons (Fsp3) is 0.176. The highest BCUT2D eigenvalue weighted by Crippen LogP contribution is 2.31. The van der Waals surface area contributed by atoms with Gasteiger partial charge in [-0.25, -0.2) is 13.1 Å². The standard InChI is InChI=1S/C17H16N2O4S/c20-19(21)16-8-4-5-9-17(16)24(22,23)18-15-11-10-14(15)12-13-6-2-1-3-7-13/h1-9,12,15,18H,10-11H2/b14-12+. The zero-order chi connectivity index (χ0) is 17.2. The van der Waals surface area contributed by atoms with E-state index < -0.39 is 20.6 Å². The average Bonchev–Trinajstić information content (AvgIpc) is 2.58. The molecule has 1 fully saturated rings. The van der Waals surface area contributed by atoms with Crippen LogP contribution < -0.4 is 4.72 Å². The number of benzene rings is 2. The van der Waals surface area contributed by atoms with E-state index in [-0.39, 0.29) is 10.9 Å². The van der Waals surface area contributed by atoms with E-state index in [0.29, 0.717) is 6.42 Å². The summed E-state index contributed by atoms with van der Waals surface area (Å²) in [5.74, 6) is 0. The Labute approximate surface area is 140 Å². The Bertz CT molecular complexity index is 892. The number of nitro benzene ring substituents is 1. The van der Waals surface area contributed by atoms with Crippen LogP contribution in [0, 0.1) is 10.1 Å². The first-order valence-electron chi connectivity index (χ1n) is 7.48. The predicted molar refractivity (Wildman–Crippen MR) is 90.9 cm³/mol. The van der Waals surface area contributed by atoms with Crippen LogP contribution in [0.25, 0.3) is 6.08 Å². The molecule has 1 atom stereocenters. The molecule has 0 spiro atoms. The molecular formula is C17H16N2O4S. The first-order valence-corrected chi connectivity index (χ1v) is 8.97. The minimum atomic E-state index is -3.95. The van der Waals surface area contributed by atoms with Crippen molar-refractivity contribution in [3.63, 3.8) is 0 Å². The van der Waals surface area contributed by atoms with Crippen LogP contribution in [-0.4, -0.2) is 19.4 Å². The molecular weight excluding hydrogens is 328 g/mol. The van der Waals surface area contributed by atoms with E-state index in [2.05, 4.69) is 4.72 Å². The Hall–Kier alpha value is -2.51. The summed E-state index contributed by atoms with van der Waals surface area (Å²) in [5, 5.41) is 11.0. The SMILES string of the molecule is O=[N+]([O-])c1ccccc1S(=O)(=O)NC1CC/C1=C\c1ccccc1. The number of hydrogen-bond donors (Lipinski definition) is 1. The Balaban J connectivity index is 1.83. The van der Waals surface area contributed by atoms with E-state index in [1.54, 1.807) is 0 Å². The average molecular weight is 344 g/mol. The molecule has 2 aromatic rings. The minimum absolute atomic E-state index is 0.305. The highest BCUT2D eigenvalue weighted by Gasteiger charge is 2.32. The summed E-state index contributed by atoms with van der Waals surface area (Å²) in [6.45, 7) is 0. The van der Waals surface area contributed by atoms with Crippen LogP contribution in [-0.2, 0) is 10.0 Å². The summed E-state index contributed by atoms with van der Waals surface area (Å²) in [5.41, 5.74) is 1.56. The number of nitrogens with one attached hydrogen (secondary N) is 1. The van der Waals surface area contributed by atoms with Crippen LogP contribution in [0.5, 0.6) is 0 Å². The lowest BCUT2D eigenvalue weighted by Gasteiger charge is -2.30. The van der Waals surface area contributed by atoms with Crippen LogP contribution in [0.3, 0.4) is 0 Å². The van der Waals surface area contributed by atoms with Gasteiger partial charge in [0.05, 0.1) is 4.92 Å². The number of sulfonamides is 1. The van der Waals surface area contributed by atoms with Gasteiger partial charge in [-0.15, -0.1) is 0 Å². The molecule has 1 unspecified atom stereocenters. The van der Waals surface area contributed by atoms with Crippen LogP contribution in [0.4, 0.5) is 5.69 Å². The lowest BCUT2D eigenvalue weighted by atomic mass is 9.85. The van der Waals surface area contributed by atoms with E-state index in [9.17, 15) is 18.5 Å². The molecule has 0 aromatic heterocycles. The van der Waals surface area contributed by atoms with E-state index in [4.69, 9.17) is 0 Å². The fourth-order valence-electron chi connectivity index (χ4n) is 2.61. The van der Waals surface area contributed by atoms with E-state index in [1.807, 2.05) is 36.4 Å². The summed E-state index contributed by atoms with van der Waals surface area (Å²) in [7, 11) is -3.95. The van der Waals surface area contributed by atoms with Crippen molar-refractivity contribution in [2.45, 2.75) is 23.8 Å². The Morgan fingerprint density at radius 2 is 1.75 bits per heavy atom. The van der Waals surface area contributed by atoms with Crippen molar-refractivity contribution < 1.29 is 13.3 Å². The van der Waals surface area contributed by atoms with Gasteiger partial charge >= 0.3 is 0 Å². The van der Waals surface area contributed by atoms with Gasteiger partial charge in [-0.05, 0) is 24.5 Å². The zero-order valence-corrected chi connectivity index (χ0v) is 13.6. The smallest absolute Gasteiger partial charge is 0.258 e. The maximum absolute atomic E-state index is 12.5. The number of nitro groups is 1. The predicted octanol–water partition coefficient (Wildman–Crippen LogP) is 3.12. The van der Waals surface area contributed by atoms with Crippen molar-refractivity contribution in [3.8, 4) is 0 Å². The molecule has 1 aliphatic carbocycles. The summed E-state index contributed by atoms with van der Waals surface area (Å²) in [6, 6.07) is 14.7. The number of nitrogens with zero attached hydrogens (tertiary/aromatic N) is 1. The van der Waals surface area contributed by atoms with Crippen molar-refractivity contribution in [2.75, 3.05) is 0 Å². The van der Waals surface area contributed by atoms with Gasteiger partial charge in [-0.3, -0.25) is 10.1 Å². The summed E-state index contributed by atoms with van der Waals surface area (Å²) < 4.78 is 27.6. The maximum Gasteiger partial charge on any atom is 0.289 e. The normalized spacial score (nSPS) is 19.0. The molecule has 0 bridgehead atoms. The molecule has 0 heterocycles.